The average Bonchev–Trinajstić information content (AvgIpc) is 2.31. The molecule has 2 rings (SSSR count). The van der Waals surface area contributed by atoms with Crippen LogP contribution in [0.4, 0.5) is 5.69 Å². The van der Waals surface area contributed by atoms with Crippen molar-refractivity contribution in [1.29, 1.82) is 0 Å². The Labute approximate surface area is 96.1 Å². The Balaban J connectivity index is 2.33. The van der Waals surface area contributed by atoms with Crippen LogP contribution in [-0.2, 0) is 4.79 Å². The number of hydrogen-bond donors (Lipinski definition) is 0. The summed E-state index contributed by atoms with van der Waals surface area (Å²) in [5.74, 6) is 0.376. The number of carbonyl (C=O) groups excluding carboxylic acids is 1. The molecule has 0 aliphatic heterocycles. The zero-order valence-corrected chi connectivity index (χ0v) is 9.49. The van der Waals surface area contributed by atoms with Gasteiger partial charge in [-0.15, -0.1) is 0 Å². The van der Waals surface area contributed by atoms with Gasteiger partial charge in [0.1, 0.15) is 5.78 Å². The summed E-state index contributed by atoms with van der Waals surface area (Å²) < 4.78 is 0. The molecule has 2 nitrogen and oxygen atoms in total. The second-order valence-electron chi connectivity index (χ2n) is 4.42. The first-order chi connectivity index (χ1) is 7.72. The molecule has 0 heterocycles. The average molecular weight is 213 g/mol. The monoisotopic (exact) mass is 213 g/mol. The van der Waals surface area contributed by atoms with E-state index in [4.69, 9.17) is 6.57 Å². The van der Waals surface area contributed by atoms with Crippen LogP contribution in [0.2, 0.25) is 0 Å². The second-order valence-corrected chi connectivity index (χ2v) is 4.42. The van der Waals surface area contributed by atoms with Gasteiger partial charge < -0.3 is 0 Å². The molecule has 2 heteroatoms. The smallest absolute Gasteiger partial charge is 0.190 e. The van der Waals surface area contributed by atoms with Crippen LogP contribution in [0, 0.1) is 13.5 Å². The van der Waals surface area contributed by atoms with E-state index in [1.54, 1.807) is 0 Å². The maximum atomic E-state index is 11.8. The van der Waals surface area contributed by atoms with Crippen LogP contribution in [0.5, 0.6) is 0 Å². The minimum absolute atomic E-state index is 0.0369. The SMILES string of the molecule is [C-]#[N+]c1cc(C2CCCCC2=O)ccc1C. The highest BCUT2D eigenvalue weighted by Crippen LogP contribution is 2.32. The molecule has 82 valence electrons. The van der Waals surface area contributed by atoms with E-state index in [2.05, 4.69) is 4.85 Å². The van der Waals surface area contributed by atoms with E-state index < -0.39 is 0 Å². The number of rotatable bonds is 1. The molecule has 0 N–H and O–H groups in total. The van der Waals surface area contributed by atoms with Crippen molar-refractivity contribution in [3.05, 3.63) is 40.7 Å². The lowest BCUT2D eigenvalue weighted by Gasteiger charge is -2.21. The quantitative estimate of drug-likeness (QED) is 0.650. The lowest BCUT2D eigenvalue weighted by molar-refractivity contribution is -0.121. The minimum atomic E-state index is 0.0369. The molecular weight excluding hydrogens is 198 g/mol. The third-order valence-corrected chi connectivity index (χ3v) is 3.31. The van der Waals surface area contributed by atoms with E-state index in [-0.39, 0.29) is 5.92 Å². The minimum Gasteiger partial charge on any atom is -0.299 e. The fourth-order valence-corrected chi connectivity index (χ4v) is 2.30. The molecule has 1 unspecified atom stereocenters. The summed E-state index contributed by atoms with van der Waals surface area (Å²) in [5, 5.41) is 0. The molecule has 0 amide bonds. The van der Waals surface area contributed by atoms with Crippen molar-refractivity contribution >= 4 is 11.5 Å². The number of nitrogens with zero attached hydrogens (tertiary/aromatic N) is 1. The van der Waals surface area contributed by atoms with Crippen LogP contribution in [0.1, 0.15) is 42.7 Å². The molecule has 1 aromatic rings. The van der Waals surface area contributed by atoms with E-state index in [0.717, 1.165) is 30.4 Å². The molecule has 0 bridgehead atoms. The molecule has 1 aliphatic carbocycles. The van der Waals surface area contributed by atoms with Crippen molar-refractivity contribution in [3.8, 4) is 0 Å². The van der Waals surface area contributed by atoms with Gasteiger partial charge in [0.15, 0.2) is 5.69 Å². The third-order valence-electron chi connectivity index (χ3n) is 3.31. The summed E-state index contributed by atoms with van der Waals surface area (Å²) in [4.78, 5) is 15.3. The Morgan fingerprint density at radius 3 is 2.88 bits per heavy atom. The number of aryl methyl sites for hydroxylation is 1. The molecule has 0 saturated heterocycles. The third kappa shape index (κ3) is 1.99. The highest BCUT2D eigenvalue weighted by molar-refractivity contribution is 5.86. The molecular formula is C14H15NO. The van der Waals surface area contributed by atoms with E-state index in [9.17, 15) is 4.79 Å². The number of carbonyl (C=O) groups is 1. The van der Waals surface area contributed by atoms with E-state index in [0.29, 0.717) is 17.9 Å². The highest BCUT2D eigenvalue weighted by atomic mass is 16.1. The summed E-state index contributed by atoms with van der Waals surface area (Å²) in [6, 6.07) is 5.83. The maximum absolute atomic E-state index is 11.8. The van der Waals surface area contributed by atoms with Gasteiger partial charge in [-0.25, -0.2) is 4.85 Å². The van der Waals surface area contributed by atoms with Crippen LogP contribution in [-0.4, -0.2) is 5.78 Å². The van der Waals surface area contributed by atoms with Gasteiger partial charge in [0.2, 0.25) is 0 Å². The van der Waals surface area contributed by atoms with Crippen LogP contribution < -0.4 is 0 Å². The predicted octanol–water partition coefficient (Wildman–Crippen LogP) is 3.77. The predicted molar refractivity (Wildman–Crippen MR) is 63.7 cm³/mol. The van der Waals surface area contributed by atoms with E-state index in [1.807, 2.05) is 25.1 Å². The molecule has 1 aliphatic rings. The van der Waals surface area contributed by atoms with Crippen molar-refractivity contribution in [3.63, 3.8) is 0 Å². The lowest BCUT2D eigenvalue weighted by atomic mass is 9.82. The van der Waals surface area contributed by atoms with Gasteiger partial charge in [0, 0.05) is 12.3 Å². The van der Waals surface area contributed by atoms with Gasteiger partial charge in [-0.3, -0.25) is 4.79 Å². The molecule has 1 aromatic carbocycles. The summed E-state index contributed by atoms with van der Waals surface area (Å²) in [5.41, 5.74) is 2.69. The number of ketones is 1. The molecule has 0 aromatic heterocycles. The van der Waals surface area contributed by atoms with Gasteiger partial charge in [-0.2, -0.15) is 0 Å². The molecule has 1 fully saturated rings. The number of benzene rings is 1. The fourth-order valence-electron chi connectivity index (χ4n) is 2.30. The Morgan fingerprint density at radius 2 is 2.19 bits per heavy atom. The Hall–Kier alpha value is -1.62. The van der Waals surface area contributed by atoms with Gasteiger partial charge >= 0.3 is 0 Å². The maximum Gasteiger partial charge on any atom is 0.190 e. The van der Waals surface area contributed by atoms with E-state index >= 15 is 0 Å². The van der Waals surface area contributed by atoms with Crippen molar-refractivity contribution in [2.24, 2.45) is 0 Å². The normalized spacial score (nSPS) is 20.5. The van der Waals surface area contributed by atoms with Crippen LogP contribution >= 0.6 is 0 Å². The van der Waals surface area contributed by atoms with Gasteiger partial charge in [-0.1, -0.05) is 24.6 Å². The van der Waals surface area contributed by atoms with Gasteiger partial charge in [0.25, 0.3) is 0 Å². The van der Waals surface area contributed by atoms with Crippen molar-refractivity contribution in [1.82, 2.24) is 0 Å². The molecule has 0 radical (unpaired) electrons. The molecule has 16 heavy (non-hydrogen) atoms. The van der Waals surface area contributed by atoms with Crippen LogP contribution in [0.3, 0.4) is 0 Å². The van der Waals surface area contributed by atoms with Crippen molar-refractivity contribution in [2.75, 3.05) is 0 Å². The second kappa shape index (κ2) is 4.49. The Morgan fingerprint density at radius 1 is 1.38 bits per heavy atom. The van der Waals surface area contributed by atoms with Crippen LogP contribution in [0.25, 0.3) is 4.85 Å². The van der Waals surface area contributed by atoms with Crippen molar-refractivity contribution in [2.45, 2.75) is 38.5 Å². The zero-order valence-electron chi connectivity index (χ0n) is 9.49. The molecule has 1 saturated carbocycles. The largest absolute Gasteiger partial charge is 0.299 e. The lowest BCUT2D eigenvalue weighted by Crippen LogP contribution is -2.16. The summed E-state index contributed by atoms with van der Waals surface area (Å²) in [6.45, 7) is 9.02. The first-order valence-corrected chi connectivity index (χ1v) is 5.73. The summed E-state index contributed by atoms with van der Waals surface area (Å²) in [6.07, 6.45) is 3.79. The topological polar surface area (TPSA) is 21.4 Å². The van der Waals surface area contributed by atoms with E-state index in [1.165, 1.54) is 0 Å². The Bertz CT molecular complexity index is 456. The van der Waals surface area contributed by atoms with Gasteiger partial charge in [0.05, 0.1) is 6.57 Å². The zero-order chi connectivity index (χ0) is 11.5. The first-order valence-electron chi connectivity index (χ1n) is 5.73. The first kappa shape index (κ1) is 10.9. The van der Waals surface area contributed by atoms with Gasteiger partial charge in [-0.05, 0) is 30.9 Å². The highest BCUT2D eigenvalue weighted by Gasteiger charge is 2.23. The number of hydrogen-bond acceptors (Lipinski definition) is 1. The number of Topliss-reactive ketones (excluding diaryl/α,β-unsaturated/α-hetero) is 1. The summed E-state index contributed by atoms with van der Waals surface area (Å²) in [7, 11) is 0. The molecule has 1 atom stereocenters. The molecule has 0 spiro atoms. The van der Waals surface area contributed by atoms with Crippen molar-refractivity contribution < 1.29 is 4.79 Å². The van der Waals surface area contributed by atoms with Crippen LogP contribution in [0.15, 0.2) is 18.2 Å². The summed E-state index contributed by atoms with van der Waals surface area (Å²) >= 11 is 0. The standard InChI is InChI=1S/C14H15NO/c1-10-7-8-11(9-13(10)15-2)12-5-3-4-6-14(12)16/h7-9,12H,3-6H2,1H3. The Kier molecular flexibility index (Phi) is 3.05. The fraction of sp³-hybridized carbons (Fsp3) is 0.429.